The summed E-state index contributed by atoms with van der Waals surface area (Å²) < 4.78 is 0. The Morgan fingerprint density at radius 2 is 2.29 bits per heavy atom. The number of hydrogen-bond donors (Lipinski definition) is 1. The molecule has 0 amide bonds. The van der Waals surface area contributed by atoms with E-state index in [0.717, 1.165) is 23.4 Å². The first-order chi connectivity index (χ1) is 6.61. The van der Waals surface area contributed by atoms with Gasteiger partial charge in [-0.1, -0.05) is 6.92 Å². The highest BCUT2D eigenvalue weighted by Crippen LogP contribution is 2.32. The molecule has 0 radical (unpaired) electrons. The summed E-state index contributed by atoms with van der Waals surface area (Å²) in [5.41, 5.74) is 3.30. The van der Waals surface area contributed by atoms with Crippen LogP contribution in [0.25, 0.3) is 0 Å². The lowest BCUT2D eigenvalue weighted by atomic mass is 9.97. The van der Waals surface area contributed by atoms with Gasteiger partial charge in [0.2, 0.25) is 0 Å². The SMILES string of the molecule is CC1=CNCC(=O)C2=C1N(C)CC2C. The predicted octanol–water partition coefficient (Wildman–Crippen LogP) is 0.898. The van der Waals surface area contributed by atoms with Gasteiger partial charge in [-0.25, -0.2) is 0 Å². The summed E-state index contributed by atoms with van der Waals surface area (Å²) in [6.07, 6.45) is 1.94. The van der Waals surface area contributed by atoms with E-state index in [-0.39, 0.29) is 5.78 Å². The Kier molecular flexibility index (Phi) is 2.10. The Labute approximate surface area is 84.5 Å². The van der Waals surface area contributed by atoms with Gasteiger partial charge in [-0.05, 0) is 12.5 Å². The lowest BCUT2D eigenvalue weighted by Gasteiger charge is -2.16. The summed E-state index contributed by atoms with van der Waals surface area (Å²) in [6.45, 7) is 5.57. The van der Waals surface area contributed by atoms with Crippen LogP contribution >= 0.6 is 0 Å². The fraction of sp³-hybridized carbons (Fsp3) is 0.545. The second-order valence-corrected chi connectivity index (χ2v) is 4.18. The molecule has 2 aliphatic heterocycles. The number of likely N-dealkylation sites (N-methyl/N-ethyl adjacent to an activating group) is 1. The van der Waals surface area contributed by atoms with Gasteiger partial charge >= 0.3 is 0 Å². The Balaban J connectivity index is 2.51. The molecule has 0 saturated heterocycles. The molecule has 0 aromatic heterocycles. The Morgan fingerprint density at radius 3 is 3.00 bits per heavy atom. The minimum absolute atomic E-state index is 0.241. The van der Waals surface area contributed by atoms with E-state index in [4.69, 9.17) is 0 Å². The lowest BCUT2D eigenvalue weighted by molar-refractivity contribution is -0.115. The topological polar surface area (TPSA) is 32.3 Å². The highest BCUT2D eigenvalue weighted by molar-refractivity contribution is 5.99. The van der Waals surface area contributed by atoms with Gasteiger partial charge in [0.15, 0.2) is 5.78 Å². The number of allylic oxidation sites excluding steroid dienone is 1. The van der Waals surface area contributed by atoms with Crippen LogP contribution in [0.15, 0.2) is 23.0 Å². The number of carbonyl (C=O) groups is 1. The van der Waals surface area contributed by atoms with E-state index in [1.807, 2.05) is 6.20 Å². The van der Waals surface area contributed by atoms with Crippen molar-refractivity contribution >= 4 is 5.78 Å². The zero-order valence-corrected chi connectivity index (χ0v) is 8.92. The first kappa shape index (κ1) is 9.31. The van der Waals surface area contributed by atoms with Gasteiger partial charge in [0, 0.05) is 37.0 Å². The van der Waals surface area contributed by atoms with Gasteiger partial charge in [0.05, 0.1) is 6.54 Å². The summed E-state index contributed by atoms with van der Waals surface area (Å²) in [5.74, 6) is 0.607. The maximum absolute atomic E-state index is 11.8. The van der Waals surface area contributed by atoms with Crippen molar-refractivity contribution in [2.24, 2.45) is 5.92 Å². The summed E-state index contributed by atoms with van der Waals surface area (Å²) in [4.78, 5) is 14.0. The van der Waals surface area contributed by atoms with Crippen molar-refractivity contribution in [2.45, 2.75) is 13.8 Å². The maximum Gasteiger partial charge on any atom is 0.180 e. The van der Waals surface area contributed by atoms with E-state index in [1.54, 1.807) is 0 Å². The fourth-order valence-corrected chi connectivity index (χ4v) is 2.41. The molecular weight excluding hydrogens is 176 g/mol. The molecule has 1 N–H and O–H groups in total. The third kappa shape index (κ3) is 1.24. The summed E-state index contributed by atoms with van der Waals surface area (Å²) in [5, 5.41) is 3.04. The van der Waals surface area contributed by atoms with Crippen LogP contribution in [0.4, 0.5) is 0 Å². The van der Waals surface area contributed by atoms with Gasteiger partial charge in [0.25, 0.3) is 0 Å². The molecule has 2 rings (SSSR count). The molecule has 0 fully saturated rings. The first-order valence-electron chi connectivity index (χ1n) is 5.00. The smallest absolute Gasteiger partial charge is 0.180 e. The van der Waals surface area contributed by atoms with Crippen LogP contribution in [0.5, 0.6) is 0 Å². The zero-order valence-electron chi connectivity index (χ0n) is 8.92. The first-order valence-corrected chi connectivity index (χ1v) is 5.00. The van der Waals surface area contributed by atoms with E-state index in [1.165, 1.54) is 0 Å². The van der Waals surface area contributed by atoms with Crippen LogP contribution in [0.2, 0.25) is 0 Å². The normalized spacial score (nSPS) is 27.1. The molecule has 0 aromatic carbocycles. The molecule has 3 nitrogen and oxygen atoms in total. The molecule has 0 spiro atoms. The third-order valence-electron chi connectivity index (χ3n) is 2.93. The van der Waals surface area contributed by atoms with Gasteiger partial charge < -0.3 is 10.2 Å². The highest BCUT2D eigenvalue weighted by Gasteiger charge is 2.32. The summed E-state index contributed by atoms with van der Waals surface area (Å²) in [7, 11) is 2.05. The van der Waals surface area contributed by atoms with Crippen LogP contribution in [0.3, 0.4) is 0 Å². The second-order valence-electron chi connectivity index (χ2n) is 4.18. The number of Topliss-reactive ketones (excluding diaryl/α,β-unsaturated/α-hetero) is 1. The standard InChI is InChI=1S/C11H16N2O/c1-7-4-12-5-9(14)10-8(2)6-13(3)11(7)10/h4,8,12H,5-6H2,1-3H3. The Morgan fingerprint density at radius 1 is 1.57 bits per heavy atom. The van der Waals surface area contributed by atoms with Crippen LogP contribution in [-0.4, -0.2) is 30.8 Å². The number of hydrogen-bond acceptors (Lipinski definition) is 3. The molecule has 0 saturated carbocycles. The summed E-state index contributed by atoms with van der Waals surface area (Å²) >= 11 is 0. The minimum atomic E-state index is 0.241. The molecular formula is C11H16N2O. The van der Waals surface area contributed by atoms with E-state index in [9.17, 15) is 4.79 Å². The second kappa shape index (κ2) is 3.15. The molecule has 1 unspecified atom stereocenters. The average molecular weight is 192 g/mol. The molecule has 0 aromatic rings. The van der Waals surface area contributed by atoms with Crippen molar-refractivity contribution in [1.29, 1.82) is 0 Å². The monoisotopic (exact) mass is 192 g/mol. The minimum Gasteiger partial charge on any atom is -0.383 e. The number of ketones is 1. The molecule has 0 bridgehead atoms. The largest absolute Gasteiger partial charge is 0.383 e. The number of nitrogens with zero attached hydrogens (tertiary/aromatic N) is 1. The quantitative estimate of drug-likeness (QED) is 0.619. The van der Waals surface area contributed by atoms with Crippen LogP contribution in [0.1, 0.15) is 13.8 Å². The van der Waals surface area contributed by atoms with E-state index in [2.05, 4.69) is 31.1 Å². The van der Waals surface area contributed by atoms with Crippen LogP contribution in [-0.2, 0) is 4.79 Å². The van der Waals surface area contributed by atoms with Crippen LogP contribution in [0, 0.1) is 5.92 Å². The number of nitrogens with one attached hydrogen (secondary N) is 1. The Bertz CT molecular complexity index is 341. The molecule has 14 heavy (non-hydrogen) atoms. The van der Waals surface area contributed by atoms with Crippen molar-refractivity contribution in [2.75, 3.05) is 20.1 Å². The van der Waals surface area contributed by atoms with Gasteiger partial charge in [0.1, 0.15) is 0 Å². The third-order valence-corrected chi connectivity index (χ3v) is 2.93. The van der Waals surface area contributed by atoms with Gasteiger partial charge in [-0.3, -0.25) is 4.79 Å². The molecule has 3 heteroatoms. The van der Waals surface area contributed by atoms with Crippen molar-refractivity contribution in [3.63, 3.8) is 0 Å². The molecule has 2 heterocycles. The van der Waals surface area contributed by atoms with Crippen molar-refractivity contribution in [3.05, 3.63) is 23.0 Å². The predicted molar refractivity (Wildman–Crippen MR) is 55.6 cm³/mol. The molecule has 76 valence electrons. The molecule has 0 aliphatic carbocycles. The lowest BCUT2D eigenvalue weighted by Crippen LogP contribution is -2.21. The van der Waals surface area contributed by atoms with Crippen molar-refractivity contribution in [3.8, 4) is 0 Å². The average Bonchev–Trinajstić information content (AvgIpc) is 2.30. The van der Waals surface area contributed by atoms with Crippen molar-refractivity contribution < 1.29 is 4.79 Å². The van der Waals surface area contributed by atoms with Crippen molar-refractivity contribution in [1.82, 2.24) is 10.2 Å². The van der Waals surface area contributed by atoms with E-state index in [0.29, 0.717) is 12.5 Å². The maximum atomic E-state index is 11.8. The summed E-state index contributed by atoms with van der Waals surface area (Å²) in [6, 6.07) is 0. The zero-order chi connectivity index (χ0) is 10.3. The van der Waals surface area contributed by atoms with Gasteiger partial charge in [-0.2, -0.15) is 0 Å². The van der Waals surface area contributed by atoms with E-state index >= 15 is 0 Å². The fourth-order valence-electron chi connectivity index (χ4n) is 2.41. The van der Waals surface area contributed by atoms with Crippen LogP contribution < -0.4 is 5.32 Å². The highest BCUT2D eigenvalue weighted by atomic mass is 16.1. The Hall–Kier alpha value is -1.25. The number of rotatable bonds is 0. The van der Waals surface area contributed by atoms with Gasteiger partial charge in [-0.15, -0.1) is 0 Å². The molecule has 2 aliphatic rings. The number of carbonyl (C=O) groups excluding carboxylic acids is 1. The molecule has 1 atom stereocenters. The van der Waals surface area contributed by atoms with E-state index < -0.39 is 0 Å².